The van der Waals surface area contributed by atoms with Crippen LogP contribution in [0.2, 0.25) is 0 Å². The number of nitrogens with two attached hydrogens (primary N) is 1. The molecular weight excluding hydrogens is 366 g/mol. The minimum atomic E-state index is -0.377. The number of fused-ring (bicyclic) bond motifs is 2. The predicted molar refractivity (Wildman–Crippen MR) is 102 cm³/mol. The van der Waals surface area contributed by atoms with Crippen molar-refractivity contribution in [3.63, 3.8) is 0 Å². The van der Waals surface area contributed by atoms with E-state index in [2.05, 4.69) is 4.90 Å². The van der Waals surface area contributed by atoms with Crippen LogP contribution < -0.4 is 5.73 Å². The summed E-state index contributed by atoms with van der Waals surface area (Å²) in [7, 11) is 1.80. The van der Waals surface area contributed by atoms with Gasteiger partial charge in [0.1, 0.15) is 12.2 Å². The molecule has 0 aromatic carbocycles. The first-order valence-electron chi connectivity index (χ1n) is 9.64. The van der Waals surface area contributed by atoms with E-state index in [1.807, 2.05) is 12.1 Å². The molecule has 8 heteroatoms. The average molecular weight is 394 g/mol. The summed E-state index contributed by atoms with van der Waals surface area (Å²) in [5.74, 6) is 0.373. The van der Waals surface area contributed by atoms with Crippen molar-refractivity contribution in [2.24, 2.45) is 17.6 Å². The number of piperidine rings is 1. The molecule has 148 valence electrons. The van der Waals surface area contributed by atoms with Gasteiger partial charge in [-0.3, -0.25) is 4.79 Å². The van der Waals surface area contributed by atoms with Crippen LogP contribution in [0.1, 0.15) is 33.8 Å². The van der Waals surface area contributed by atoms with Crippen LogP contribution >= 0.6 is 11.3 Å². The number of carbonyl (C=O) groups is 2. The van der Waals surface area contributed by atoms with Crippen molar-refractivity contribution in [1.82, 2.24) is 9.80 Å². The molecule has 3 atom stereocenters. The number of thiophene rings is 1. The van der Waals surface area contributed by atoms with Crippen LogP contribution in [-0.2, 0) is 15.1 Å². The highest BCUT2D eigenvalue weighted by Gasteiger charge is 2.53. The van der Waals surface area contributed by atoms with Gasteiger partial charge in [0.05, 0.1) is 11.4 Å². The zero-order valence-electron chi connectivity index (χ0n) is 15.7. The van der Waals surface area contributed by atoms with Gasteiger partial charge < -0.3 is 25.0 Å². The Morgan fingerprint density at radius 2 is 2.07 bits per heavy atom. The second-order valence-corrected chi connectivity index (χ2v) is 8.79. The van der Waals surface area contributed by atoms with Crippen molar-refractivity contribution in [2.75, 3.05) is 46.4 Å². The fourth-order valence-corrected chi connectivity index (χ4v) is 6.30. The summed E-state index contributed by atoms with van der Waals surface area (Å²) in [5.41, 5.74) is 5.14. The molecule has 2 amide bonds. The zero-order valence-corrected chi connectivity index (χ0v) is 16.5. The number of cyclic esters (lactones) is 1. The Hall–Kier alpha value is -1.64. The smallest absolute Gasteiger partial charge is 0.409 e. The van der Waals surface area contributed by atoms with E-state index in [-0.39, 0.29) is 17.6 Å². The summed E-state index contributed by atoms with van der Waals surface area (Å²) in [4.78, 5) is 29.2. The van der Waals surface area contributed by atoms with Gasteiger partial charge in [0, 0.05) is 50.0 Å². The molecular formula is C19H27N3O4S. The molecule has 2 bridgehead atoms. The Morgan fingerprint density at radius 1 is 1.33 bits per heavy atom. The molecule has 2 aliphatic heterocycles. The predicted octanol–water partition coefficient (Wildman–Crippen LogP) is 1.87. The van der Waals surface area contributed by atoms with Gasteiger partial charge in [-0.1, -0.05) is 6.42 Å². The number of methoxy groups -OCH3 is 1. The van der Waals surface area contributed by atoms with Gasteiger partial charge in [-0.2, -0.15) is 0 Å². The van der Waals surface area contributed by atoms with Gasteiger partial charge in [-0.15, -0.1) is 11.3 Å². The maximum Gasteiger partial charge on any atom is 0.409 e. The average Bonchev–Trinajstić information content (AvgIpc) is 3.28. The van der Waals surface area contributed by atoms with E-state index in [0.29, 0.717) is 36.4 Å². The molecule has 1 aromatic heterocycles. The van der Waals surface area contributed by atoms with Crippen LogP contribution in [0.15, 0.2) is 12.1 Å². The molecule has 3 heterocycles. The zero-order chi connectivity index (χ0) is 19.0. The van der Waals surface area contributed by atoms with Gasteiger partial charge in [0.15, 0.2) is 0 Å². The minimum absolute atomic E-state index is 0.198. The summed E-state index contributed by atoms with van der Waals surface area (Å²) in [6.07, 6.45) is 3.23. The standard InChI is InChI=1S/C19H27N3O4S/c1-25-19(16-6-5-15(27-16)17(20)23)13-3-2-4-14(19)12-21(11-13)7-8-22-9-10-26-18(22)24/h5-6,13-14H,2-4,7-12H2,1H3,(H2,20,23)/t13-,14+,19+. The topological polar surface area (TPSA) is 85.1 Å². The monoisotopic (exact) mass is 393 g/mol. The van der Waals surface area contributed by atoms with Crippen LogP contribution in [0.25, 0.3) is 0 Å². The van der Waals surface area contributed by atoms with Crippen molar-refractivity contribution in [3.8, 4) is 0 Å². The van der Waals surface area contributed by atoms with E-state index in [0.717, 1.165) is 37.4 Å². The highest BCUT2D eigenvalue weighted by Crippen LogP contribution is 2.53. The molecule has 27 heavy (non-hydrogen) atoms. The number of amides is 2. The van der Waals surface area contributed by atoms with E-state index < -0.39 is 0 Å². The number of likely N-dealkylation sites (tertiary alicyclic amines) is 1. The number of ether oxygens (including phenoxy) is 2. The minimum Gasteiger partial charge on any atom is -0.448 e. The van der Waals surface area contributed by atoms with Gasteiger partial charge in [-0.25, -0.2) is 4.79 Å². The van der Waals surface area contributed by atoms with Crippen LogP contribution in [-0.4, -0.2) is 68.2 Å². The Kier molecular flexibility index (Phi) is 5.13. The third-order valence-corrected chi connectivity index (χ3v) is 7.61. The Labute approximate surface area is 163 Å². The molecule has 2 saturated heterocycles. The van der Waals surface area contributed by atoms with Crippen LogP contribution in [0.3, 0.4) is 0 Å². The first-order valence-corrected chi connectivity index (χ1v) is 10.5. The molecule has 0 spiro atoms. The van der Waals surface area contributed by atoms with Crippen molar-refractivity contribution in [1.29, 1.82) is 0 Å². The maximum atomic E-state index is 11.7. The van der Waals surface area contributed by atoms with Crippen LogP contribution in [0.5, 0.6) is 0 Å². The van der Waals surface area contributed by atoms with Crippen molar-refractivity contribution >= 4 is 23.3 Å². The molecule has 1 saturated carbocycles. The fourth-order valence-electron chi connectivity index (χ4n) is 5.11. The molecule has 3 aliphatic rings. The molecule has 3 fully saturated rings. The number of primary amides is 1. The number of hydrogen-bond acceptors (Lipinski definition) is 6. The fraction of sp³-hybridized carbons (Fsp3) is 0.684. The maximum absolute atomic E-state index is 11.7. The van der Waals surface area contributed by atoms with Gasteiger partial charge in [0.25, 0.3) is 5.91 Å². The quantitative estimate of drug-likeness (QED) is 0.798. The second kappa shape index (κ2) is 7.41. The SMILES string of the molecule is CO[C@@]1(c2ccc(C(N)=O)s2)[C@@H]2CCC[C@H]1CN(CCN1CCOC1=O)C2. The first kappa shape index (κ1) is 18.7. The van der Waals surface area contributed by atoms with E-state index >= 15 is 0 Å². The summed E-state index contributed by atoms with van der Waals surface area (Å²) in [5, 5.41) is 0. The highest BCUT2D eigenvalue weighted by atomic mass is 32.1. The normalized spacial score (nSPS) is 31.1. The van der Waals surface area contributed by atoms with Gasteiger partial charge in [0.2, 0.25) is 0 Å². The van der Waals surface area contributed by atoms with E-state index in [9.17, 15) is 9.59 Å². The lowest BCUT2D eigenvalue weighted by Crippen LogP contribution is -2.59. The van der Waals surface area contributed by atoms with Crippen molar-refractivity contribution < 1.29 is 19.1 Å². The van der Waals surface area contributed by atoms with Crippen LogP contribution in [0.4, 0.5) is 4.79 Å². The van der Waals surface area contributed by atoms with Crippen molar-refractivity contribution in [3.05, 3.63) is 21.9 Å². The molecule has 1 aromatic rings. The molecule has 0 radical (unpaired) electrons. The third-order valence-electron chi connectivity index (χ3n) is 6.38. The highest BCUT2D eigenvalue weighted by molar-refractivity contribution is 7.14. The lowest BCUT2D eigenvalue weighted by atomic mass is 9.64. The molecule has 0 unspecified atom stereocenters. The Morgan fingerprint density at radius 3 is 2.63 bits per heavy atom. The molecule has 2 N–H and O–H groups in total. The second-order valence-electron chi connectivity index (χ2n) is 7.71. The van der Waals surface area contributed by atoms with E-state index in [4.69, 9.17) is 15.2 Å². The number of rotatable bonds is 6. The lowest BCUT2D eigenvalue weighted by Gasteiger charge is -2.55. The first-order chi connectivity index (χ1) is 13.0. The third kappa shape index (κ3) is 3.23. The summed E-state index contributed by atoms with van der Waals surface area (Å²) >= 11 is 1.48. The lowest BCUT2D eigenvalue weighted by molar-refractivity contribution is -0.166. The van der Waals surface area contributed by atoms with E-state index in [1.54, 1.807) is 12.0 Å². The molecule has 1 aliphatic carbocycles. The van der Waals surface area contributed by atoms with Gasteiger partial charge >= 0.3 is 6.09 Å². The Balaban J connectivity index is 1.51. The molecule has 4 rings (SSSR count). The van der Waals surface area contributed by atoms with Crippen LogP contribution in [0, 0.1) is 11.8 Å². The number of nitrogens with zero attached hydrogens (tertiary/aromatic N) is 2. The van der Waals surface area contributed by atoms with Crippen molar-refractivity contribution in [2.45, 2.75) is 24.9 Å². The summed E-state index contributed by atoms with van der Waals surface area (Å²) < 4.78 is 11.2. The largest absolute Gasteiger partial charge is 0.448 e. The van der Waals surface area contributed by atoms with E-state index in [1.165, 1.54) is 17.8 Å². The number of carbonyl (C=O) groups excluding carboxylic acids is 2. The summed E-state index contributed by atoms with van der Waals surface area (Å²) in [6.45, 7) is 4.64. The number of hydrogen-bond donors (Lipinski definition) is 1. The summed E-state index contributed by atoms with van der Waals surface area (Å²) in [6, 6.07) is 3.85. The Bertz CT molecular complexity index is 708. The molecule has 7 nitrogen and oxygen atoms in total. The van der Waals surface area contributed by atoms with Gasteiger partial charge in [-0.05, 0) is 25.0 Å².